The second kappa shape index (κ2) is 7.31. The van der Waals surface area contributed by atoms with E-state index in [9.17, 15) is 23.1 Å². The maximum Gasteiger partial charge on any atom is 0.326 e. The van der Waals surface area contributed by atoms with Gasteiger partial charge in [0.1, 0.15) is 6.04 Å². The Labute approximate surface area is 152 Å². The smallest absolute Gasteiger partial charge is 0.326 e. The Morgan fingerprint density at radius 2 is 2.00 bits per heavy atom. The van der Waals surface area contributed by atoms with Crippen LogP contribution >= 0.6 is 11.6 Å². The minimum atomic E-state index is -3.78. The molecule has 1 amide bonds. The van der Waals surface area contributed by atoms with Crippen LogP contribution in [0.1, 0.15) is 37.0 Å². The molecule has 0 radical (unpaired) electrons. The van der Waals surface area contributed by atoms with Crippen molar-refractivity contribution in [1.82, 2.24) is 9.21 Å². The van der Waals surface area contributed by atoms with Gasteiger partial charge in [-0.05, 0) is 44.9 Å². The van der Waals surface area contributed by atoms with Gasteiger partial charge in [-0.15, -0.1) is 0 Å². The van der Waals surface area contributed by atoms with Gasteiger partial charge in [-0.2, -0.15) is 4.31 Å². The number of rotatable bonds is 5. The number of benzene rings is 1. The second-order valence-electron chi connectivity index (χ2n) is 6.25. The standard InChI is InChI=1S/C16H21ClN2O5S/c1-10(2)18(3)25(23,24)11-6-7-13(17)12(9-11)15(20)19-8-4-5-14(19)16(21)22/h6-7,9-10,14H,4-5,8H2,1-3H3,(H,21,22)/t14-/m1/s1. The Kier molecular flexibility index (Phi) is 5.75. The van der Waals surface area contributed by atoms with Crippen LogP contribution in [-0.4, -0.2) is 60.3 Å². The molecule has 0 spiro atoms. The number of nitrogens with zero attached hydrogens (tertiary/aromatic N) is 2. The number of amides is 1. The third-order valence-corrected chi connectivity index (χ3v) is 6.73. The number of aliphatic carboxylic acids is 1. The highest BCUT2D eigenvalue weighted by Crippen LogP contribution is 2.27. The summed E-state index contributed by atoms with van der Waals surface area (Å²) in [4.78, 5) is 25.2. The SMILES string of the molecule is CC(C)N(C)S(=O)(=O)c1ccc(Cl)c(C(=O)N2CCC[C@@H]2C(=O)O)c1. The molecule has 2 rings (SSSR count). The third kappa shape index (κ3) is 3.80. The van der Waals surface area contributed by atoms with E-state index in [1.165, 1.54) is 34.5 Å². The summed E-state index contributed by atoms with van der Waals surface area (Å²) in [6.07, 6.45) is 0.946. The Morgan fingerprint density at radius 3 is 2.56 bits per heavy atom. The molecule has 9 heteroatoms. The Bertz CT molecular complexity index is 794. The molecular formula is C16H21ClN2O5S. The summed E-state index contributed by atoms with van der Waals surface area (Å²) in [7, 11) is -2.32. The lowest BCUT2D eigenvalue weighted by Crippen LogP contribution is -2.40. The van der Waals surface area contributed by atoms with Crippen LogP contribution in [0.25, 0.3) is 0 Å². The largest absolute Gasteiger partial charge is 0.480 e. The van der Waals surface area contributed by atoms with Crippen molar-refractivity contribution in [3.05, 3.63) is 28.8 Å². The number of halogens is 1. The van der Waals surface area contributed by atoms with Gasteiger partial charge < -0.3 is 10.0 Å². The van der Waals surface area contributed by atoms with Gasteiger partial charge in [0.05, 0.1) is 15.5 Å². The lowest BCUT2D eigenvalue weighted by atomic mass is 10.1. The number of carboxylic acid groups (broad SMARTS) is 1. The van der Waals surface area contributed by atoms with Crippen LogP contribution in [0.15, 0.2) is 23.1 Å². The number of sulfonamides is 1. The van der Waals surface area contributed by atoms with Gasteiger partial charge >= 0.3 is 5.97 Å². The molecule has 7 nitrogen and oxygen atoms in total. The van der Waals surface area contributed by atoms with E-state index in [4.69, 9.17) is 11.6 Å². The first kappa shape index (κ1) is 19.7. The van der Waals surface area contributed by atoms with Crippen LogP contribution in [0.4, 0.5) is 0 Å². The minimum absolute atomic E-state index is 0.00644. The summed E-state index contributed by atoms with van der Waals surface area (Å²) in [5, 5.41) is 9.33. The number of carbonyl (C=O) groups excluding carboxylic acids is 1. The summed E-state index contributed by atoms with van der Waals surface area (Å²) < 4.78 is 26.4. The van der Waals surface area contributed by atoms with E-state index < -0.39 is 27.9 Å². The molecular weight excluding hydrogens is 368 g/mol. The van der Waals surface area contributed by atoms with Crippen molar-refractivity contribution in [2.45, 2.75) is 43.7 Å². The average molecular weight is 389 g/mol. The minimum Gasteiger partial charge on any atom is -0.480 e. The van der Waals surface area contributed by atoms with Crippen molar-refractivity contribution in [1.29, 1.82) is 0 Å². The number of likely N-dealkylation sites (tertiary alicyclic amines) is 1. The van der Waals surface area contributed by atoms with E-state index >= 15 is 0 Å². The maximum atomic E-state index is 12.7. The highest BCUT2D eigenvalue weighted by Gasteiger charge is 2.35. The van der Waals surface area contributed by atoms with E-state index in [1.807, 2.05) is 0 Å². The second-order valence-corrected chi connectivity index (χ2v) is 8.66. The van der Waals surface area contributed by atoms with Crippen LogP contribution in [-0.2, 0) is 14.8 Å². The monoisotopic (exact) mass is 388 g/mol. The van der Waals surface area contributed by atoms with Crippen molar-refractivity contribution in [3.63, 3.8) is 0 Å². The Morgan fingerprint density at radius 1 is 1.36 bits per heavy atom. The van der Waals surface area contributed by atoms with E-state index in [0.717, 1.165) is 0 Å². The summed E-state index contributed by atoms with van der Waals surface area (Å²) in [6, 6.07) is 2.74. The predicted molar refractivity (Wildman–Crippen MR) is 93.2 cm³/mol. The summed E-state index contributed by atoms with van der Waals surface area (Å²) >= 11 is 6.09. The topological polar surface area (TPSA) is 95.0 Å². The number of hydrogen-bond acceptors (Lipinski definition) is 4. The van der Waals surface area contributed by atoms with Gasteiger partial charge in [-0.3, -0.25) is 4.79 Å². The van der Waals surface area contributed by atoms with Crippen LogP contribution in [0, 0.1) is 0 Å². The summed E-state index contributed by atoms with van der Waals surface area (Å²) in [5.74, 6) is -1.65. The third-order valence-electron chi connectivity index (χ3n) is 4.37. The van der Waals surface area contributed by atoms with Crippen molar-refractivity contribution >= 4 is 33.5 Å². The maximum absolute atomic E-state index is 12.7. The molecule has 0 aromatic heterocycles. The number of carboxylic acids is 1. The fourth-order valence-electron chi connectivity index (χ4n) is 2.69. The first-order valence-corrected chi connectivity index (χ1v) is 9.70. The zero-order chi connectivity index (χ0) is 18.9. The molecule has 1 aliphatic heterocycles. The molecule has 1 fully saturated rings. The van der Waals surface area contributed by atoms with Gasteiger partial charge in [0.15, 0.2) is 0 Å². The zero-order valence-corrected chi connectivity index (χ0v) is 15.8. The van der Waals surface area contributed by atoms with Gasteiger partial charge in [0.2, 0.25) is 10.0 Å². The fourth-order valence-corrected chi connectivity index (χ4v) is 4.29. The fraction of sp³-hybridized carbons (Fsp3) is 0.500. The molecule has 1 aliphatic rings. The first-order valence-electron chi connectivity index (χ1n) is 7.88. The van der Waals surface area contributed by atoms with E-state index in [-0.39, 0.29) is 21.5 Å². The van der Waals surface area contributed by atoms with Crippen LogP contribution < -0.4 is 0 Å². The van der Waals surface area contributed by atoms with E-state index in [2.05, 4.69) is 0 Å². The van der Waals surface area contributed by atoms with Crippen molar-refractivity contribution in [2.75, 3.05) is 13.6 Å². The normalized spacial score (nSPS) is 18.2. The molecule has 1 atom stereocenters. The van der Waals surface area contributed by atoms with Gasteiger partial charge in [-0.25, -0.2) is 13.2 Å². The lowest BCUT2D eigenvalue weighted by Gasteiger charge is -2.23. The quantitative estimate of drug-likeness (QED) is 0.833. The lowest BCUT2D eigenvalue weighted by molar-refractivity contribution is -0.141. The highest BCUT2D eigenvalue weighted by atomic mass is 35.5. The molecule has 1 saturated heterocycles. The molecule has 25 heavy (non-hydrogen) atoms. The van der Waals surface area contributed by atoms with Gasteiger partial charge in [-0.1, -0.05) is 11.6 Å². The Hall–Kier alpha value is -1.64. The molecule has 138 valence electrons. The van der Waals surface area contributed by atoms with Crippen molar-refractivity contribution in [2.24, 2.45) is 0 Å². The predicted octanol–water partition coefficient (Wildman–Crippen LogP) is 2.06. The molecule has 0 bridgehead atoms. The molecule has 0 saturated carbocycles. The molecule has 0 unspecified atom stereocenters. The van der Waals surface area contributed by atoms with Crippen LogP contribution in [0.3, 0.4) is 0 Å². The molecule has 0 aliphatic carbocycles. The van der Waals surface area contributed by atoms with E-state index in [0.29, 0.717) is 19.4 Å². The van der Waals surface area contributed by atoms with Gasteiger partial charge in [0, 0.05) is 19.6 Å². The van der Waals surface area contributed by atoms with Crippen LogP contribution in [0.5, 0.6) is 0 Å². The highest BCUT2D eigenvalue weighted by molar-refractivity contribution is 7.89. The Balaban J connectivity index is 2.43. The average Bonchev–Trinajstić information content (AvgIpc) is 3.03. The first-order chi connectivity index (χ1) is 11.6. The summed E-state index contributed by atoms with van der Waals surface area (Å²) in [6.45, 7) is 3.78. The molecule has 1 N–H and O–H groups in total. The zero-order valence-electron chi connectivity index (χ0n) is 14.3. The molecule has 1 heterocycles. The molecule has 1 aromatic carbocycles. The van der Waals surface area contributed by atoms with Gasteiger partial charge in [0.25, 0.3) is 5.91 Å². The van der Waals surface area contributed by atoms with Crippen molar-refractivity contribution in [3.8, 4) is 0 Å². The van der Waals surface area contributed by atoms with Crippen molar-refractivity contribution < 1.29 is 23.1 Å². The number of hydrogen-bond donors (Lipinski definition) is 1. The molecule has 1 aromatic rings. The number of carbonyl (C=O) groups is 2. The van der Waals surface area contributed by atoms with Crippen LogP contribution in [0.2, 0.25) is 5.02 Å². The van der Waals surface area contributed by atoms with E-state index in [1.54, 1.807) is 13.8 Å². The summed E-state index contributed by atoms with van der Waals surface area (Å²) in [5.41, 5.74) is -0.00644.